The first kappa shape index (κ1) is 16.5. The minimum Gasteiger partial charge on any atom is -0.348 e. The lowest BCUT2D eigenvalue weighted by atomic mass is 10.1. The minimum absolute atomic E-state index is 0. The molecule has 1 aliphatic rings. The summed E-state index contributed by atoms with van der Waals surface area (Å²) >= 11 is 0. The first-order valence-electron chi connectivity index (χ1n) is 7.16. The molecule has 1 aliphatic heterocycles. The van der Waals surface area contributed by atoms with Crippen molar-refractivity contribution in [2.45, 2.75) is 33.5 Å². The summed E-state index contributed by atoms with van der Waals surface area (Å²) in [5.74, 6) is -0.0586. The zero-order chi connectivity index (χ0) is 15.0. The van der Waals surface area contributed by atoms with E-state index in [0.29, 0.717) is 12.1 Å². The zero-order valence-electron chi connectivity index (χ0n) is 13.1. The molecule has 22 heavy (non-hydrogen) atoms. The number of hydrogen-bond donors (Lipinski definition) is 2. The summed E-state index contributed by atoms with van der Waals surface area (Å²) in [5, 5.41) is 10.6. The molecule has 6 heteroatoms. The number of amides is 1. The molecule has 1 aromatic carbocycles. The summed E-state index contributed by atoms with van der Waals surface area (Å²) in [4.78, 5) is 12.3. The van der Waals surface area contributed by atoms with Gasteiger partial charge in [-0.25, -0.2) is 0 Å². The number of fused-ring (bicyclic) bond motifs is 1. The molecule has 1 aromatic heterocycles. The topological polar surface area (TPSA) is 59.0 Å². The molecule has 0 fully saturated rings. The fourth-order valence-corrected chi connectivity index (χ4v) is 2.83. The second kappa shape index (κ2) is 6.50. The van der Waals surface area contributed by atoms with Crippen molar-refractivity contribution in [1.29, 1.82) is 0 Å². The Bertz CT molecular complexity index is 708. The number of carbonyl (C=O) groups is 1. The van der Waals surface area contributed by atoms with E-state index in [1.165, 1.54) is 11.1 Å². The second-order valence-corrected chi connectivity index (χ2v) is 5.56. The van der Waals surface area contributed by atoms with Gasteiger partial charge in [0, 0.05) is 32.4 Å². The van der Waals surface area contributed by atoms with Gasteiger partial charge in [0.05, 0.1) is 11.3 Å². The number of aromatic nitrogens is 2. The number of aryl methyl sites for hydroxylation is 2. The van der Waals surface area contributed by atoms with Gasteiger partial charge in [0.15, 0.2) is 0 Å². The quantitative estimate of drug-likeness (QED) is 0.909. The van der Waals surface area contributed by atoms with E-state index < -0.39 is 0 Å². The number of rotatable bonds is 3. The fourth-order valence-electron chi connectivity index (χ4n) is 2.83. The van der Waals surface area contributed by atoms with Crippen molar-refractivity contribution in [1.82, 2.24) is 20.4 Å². The lowest BCUT2D eigenvalue weighted by molar-refractivity contribution is 0.0949. The fraction of sp³-hybridized carbons (Fsp3) is 0.375. The largest absolute Gasteiger partial charge is 0.348 e. The molecule has 2 heterocycles. The Kier molecular flexibility index (Phi) is 4.88. The maximum absolute atomic E-state index is 12.3. The third-order valence-electron chi connectivity index (χ3n) is 4.09. The lowest BCUT2D eigenvalue weighted by Crippen LogP contribution is -2.24. The number of carbonyl (C=O) groups excluding carboxylic acids is 1. The van der Waals surface area contributed by atoms with Crippen LogP contribution in [0, 0.1) is 13.8 Å². The van der Waals surface area contributed by atoms with E-state index >= 15 is 0 Å². The SMILES string of the molecule is Cc1nn(C)c(C)c1C(=O)NCc1ccc2c(c1)CNC2.Cl. The normalized spacial score (nSPS) is 12.7. The average molecular weight is 321 g/mol. The van der Waals surface area contributed by atoms with Gasteiger partial charge >= 0.3 is 0 Å². The maximum atomic E-state index is 12.3. The van der Waals surface area contributed by atoms with Crippen molar-refractivity contribution in [3.05, 3.63) is 51.8 Å². The number of hydrogen-bond acceptors (Lipinski definition) is 3. The second-order valence-electron chi connectivity index (χ2n) is 5.56. The first-order valence-corrected chi connectivity index (χ1v) is 7.16. The van der Waals surface area contributed by atoms with Crippen LogP contribution in [0.4, 0.5) is 0 Å². The molecular formula is C16H21ClN4O. The Morgan fingerprint density at radius 2 is 2.05 bits per heavy atom. The van der Waals surface area contributed by atoms with E-state index in [1.807, 2.05) is 20.9 Å². The third-order valence-corrected chi connectivity index (χ3v) is 4.09. The maximum Gasteiger partial charge on any atom is 0.255 e. The Balaban J connectivity index is 0.00000176. The van der Waals surface area contributed by atoms with Crippen LogP contribution in [0.5, 0.6) is 0 Å². The highest BCUT2D eigenvalue weighted by Crippen LogP contribution is 2.17. The van der Waals surface area contributed by atoms with Gasteiger partial charge in [-0.15, -0.1) is 12.4 Å². The molecule has 1 amide bonds. The van der Waals surface area contributed by atoms with Crippen LogP contribution in [0.3, 0.4) is 0 Å². The number of nitrogens with one attached hydrogen (secondary N) is 2. The summed E-state index contributed by atoms with van der Waals surface area (Å²) in [6, 6.07) is 6.38. The first-order chi connectivity index (χ1) is 10.1. The van der Waals surface area contributed by atoms with Crippen molar-refractivity contribution in [3.63, 3.8) is 0 Å². The van der Waals surface area contributed by atoms with Crippen LogP contribution in [-0.4, -0.2) is 15.7 Å². The molecular weight excluding hydrogens is 300 g/mol. The van der Waals surface area contributed by atoms with E-state index in [9.17, 15) is 4.79 Å². The van der Waals surface area contributed by atoms with Crippen molar-refractivity contribution >= 4 is 18.3 Å². The third kappa shape index (κ3) is 3.00. The van der Waals surface area contributed by atoms with Gasteiger partial charge in [-0.2, -0.15) is 5.10 Å². The monoisotopic (exact) mass is 320 g/mol. The molecule has 3 rings (SSSR count). The number of benzene rings is 1. The zero-order valence-corrected chi connectivity index (χ0v) is 13.9. The molecule has 0 spiro atoms. The molecule has 118 valence electrons. The van der Waals surface area contributed by atoms with Gasteiger partial charge in [0.1, 0.15) is 0 Å². The summed E-state index contributed by atoms with van der Waals surface area (Å²) in [6.07, 6.45) is 0. The Hall–Kier alpha value is -1.85. The Labute approximate surface area is 136 Å². The van der Waals surface area contributed by atoms with Gasteiger partial charge < -0.3 is 10.6 Å². The summed E-state index contributed by atoms with van der Waals surface area (Å²) < 4.78 is 1.74. The molecule has 2 N–H and O–H groups in total. The van der Waals surface area contributed by atoms with E-state index in [4.69, 9.17) is 0 Å². The molecule has 0 aliphatic carbocycles. The van der Waals surface area contributed by atoms with Gasteiger partial charge in [0.2, 0.25) is 0 Å². The van der Waals surface area contributed by atoms with E-state index in [-0.39, 0.29) is 18.3 Å². The number of nitrogens with zero attached hydrogens (tertiary/aromatic N) is 2. The summed E-state index contributed by atoms with van der Waals surface area (Å²) in [5.41, 5.74) is 6.15. The molecule has 0 atom stereocenters. The van der Waals surface area contributed by atoms with E-state index in [0.717, 1.165) is 30.0 Å². The van der Waals surface area contributed by atoms with E-state index in [2.05, 4.69) is 33.9 Å². The predicted octanol–water partition coefficient (Wildman–Crippen LogP) is 1.99. The molecule has 0 bridgehead atoms. The van der Waals surface area contributed by atoms with Crippen LogP contribution in [0.15, 0.2) is 18.2 Å². The van der Waals surface area contributed by atoms with Gasteiger partial charge in [-0.3, -0.25) is 9.48 Å². The van der Waals surface area contributed by atoms with Crippen LogP contribution in [0.1, 0.15) is 38.4 Å². The van der Waals surface area contributed by atoms with Crippen LogP contribution in [0.25, 0.3) is 0 Å². The molecule has 0 unspecified atom stereocenters. The van der Waals surface area contributed by atoms with Gasteiger partial charge in [0.25, 0.3) is 5.91 Å². The molecule has 5 nitrogen and oxygen atoms in total. The van der Waals surface area contributed by atoms with Crippen molar-refractivity contribution < 1.29 is 4.79 Å². The minimum atomic E-state index is -0.0586. The van der Waals surface area contributed by atoms with Crippen LogP contribution in [0.2, 0.25) is 0 Å². The van der Waals surface area contributed by atoms with Crippen molar-refractivity contribution in [3.8, 4) is 0 Å². The number of halogens is 1. The van der Waals surface area contributed by atoms with Crippen molar-refractivity contribution in [2.75, 3.05) is 0 Å². The summed E-state index contributed by atoms with van der Waals surface area (Å²) in [6.45, 7) is 6.17. The summed E-state index contributed by atoms with van der Waals surface area (Å²) in [7, 11) is 1.85. The molecule has 0 saturated heterocycles. The molecule has 0 saturated carbocycles. The standard InChI is InChI=1S/C16H20N4O.ClH/c1-10-15(11(2)20(3)19-10)16(21)18-7-12-4-5-13-8-17-9-14(13)6-12;/h4-6,17H,7-9H2,1-3H3,(H,18,21);1H. The highest BCUT2D eigenvalue weighted by atomic mass is 35.5. The smallest absolute Gasteiger partial charge is 0.255 e. The Morgan fingerprint density at radius 1 is 1.32 bits per heavy atom. The average Bonchev–Trinajstić information content (AvgIpc) is 3.01. The van der Waals surface area contributed by atoms with Gasteiger partial charge in [-0.05, 0) is 30.5 Å². The van der Waals surface area contributed by atoms with Crippen LogP contribution >= 0.6 is 12.4 Å². The van der Waals surface area contributed by atoms with Crippen molar-refractivity contribution in [2.24, 2.45) is 7.05 Å². The predicted molar refractivity (Wildman–Crippen MR) is 88.1 cm³/mol. The van der Waals surface area contributed by atoms with E-state index in [1.54, 1.807) is 4.68 Å². The highest BCUT2D eigenvalue weighted by Gasteiger charge is 2.17. The molecule has 0 radical (unpaired) electrons. The molecule has 2 aromatic rings. The highest BCUT2D eigenvalue weighted by molar-refractivity contribution is 5.96. The van der Waals surface area contributed by atoms with Crippen LogP contribution in [-0.2, 0) is 26.7 Å². The lowest BCUT2D eigenvalue weighted by Gasteiger charge is -2.07. The Morgan fingerprint density at radius 3 is 2.73 bits per heavy atom. The van der Waals surface area contributed by atoms with Gasteiger partial charge in [-0.1, -0.05) is 18.2 Å². The van der Waals surface area contributed by atoms with Crippen LogP contribution < -0.4 is 10.6 Å².